The second kappa shape index (κ2) is 8.50. The van der Waals surface area contributed by atoms with Gasteiger partial charge in [0.1, 0.15) is 0 Å². The predicted octanol–water partition coefficient (Wildman–Crippen LogP) is 4.47. The van der Waals surface area contributed by atoms with Crippen molar-refractivity contribution in [3.63, 3.8) is 0 Å². The van der Waals surface area contributed by atoms with Gasteiger partial charge >= 0.3 is 0 Å². The van der Waals surface area contributed by atoms with Crippen LogP contribution in [0.25, 0.3) is 0 Å². The van der Waals surface area contributed by atoms with Crippen LogP contribution in [0.3, 0.4) is 0 Å². The lowest BCUT2D eigenvalue weighted by Crippen LogP contribution is -2.33. The van der Waals surface area contributed by atoms with E-state index in [9.17, 15) is 0 Å². The van der Waals surface area contributed by atoms with Crippen molar-refractivity contribution in [2.24, 2.45) is 0 Å². The summed E-state index contributed by atoms with van der Waals surface area (Å²) in [4.78, 5) is 1.28. The molecule has 0 spiro atoms. The van der Waals surface area contributed by atoms with Crippen LogP contribution in [0.2, 0.25) is 0 Å². The number of benzene rings is 1. The van der Waals surface area contributed by atoms with Crippen molar-refractivity contribution in [3.8, 4) is 0 Å². The van der Waals surface area contributed by atoms with Gasteiger partial charge in [0.15, 0.2) is 0 Å². The highest BCUT2D eigenvalue weighted by Crippen LogP contribution is 2.27. The number of hydrogen-bond donors (Lipinski definition) is 0. The van der Waals surface area contributed by atoms with Crippen molar-refractivity contribution in [1.82, 2.24) is 0 Å². The Morgan fingerprint density at radius 3 is 2.45 bits per heavy atom. The molecule has 0 N–H and O–H groups in total. The fourth-order valence-corrected chi connectivity index (χ4v) is 3.03. The number of ether oxygens (including phenoxy) is 2. The van der Waals surface area contributed by atoms with Gasteiger partial charge < -0.3 is 9.47 Å². The van der Waals surface area contributed by atoms with Crippen molar-refractivity contribution in [3.05, 3.63) is 42.5 Å². The molecule has 1 aromatic rings. The van der Waals surface area contributed by atoms with E-state index in [1.807, 2.05) is 17.8 Å². The third-order valence-corrected chi connectivity index (χ3v) is 4.66. The minimum absolute atomic E-state index is 0.172. The van der Waals surface area contributed by atoms with E-state index >= 15 is 0 Å². The van der Waals surface area contributed by atoms with Gasteiger partial charge in [0.2, 0.25) is 0 Å². The molecule has 0 bridgehead atoms. The Morgan fingerprint density at radius 1 is 1.30 bits per heavy atom. The minimum atomic E-state index is -0.198. The first-order valence-electron chi connectivity index (χ1n) is 6.91. The Kier molecular flexibility index (Phi) is 7.35. The molecule has 0 saturated carbocycles. The molecule has 3 heteroatoms. The van der Waals surface area contributed by atoms with E-state index in [1.165, 1.54) is 10.5 Å². The topological polar surface area (TPSA) is 18.5 Å². The summed E-state index contributed by atoms with van der Waals surface area (Å²) in [6.45, 7) is 8.01. The molecule has 112 valence electrons. The number of methoxy groups -OCH3 is 2. The lowest BCUT2D eigenvalue weighted by Gasteiger charge is -2.30. The number of aryl methyl sites for hydroxylation is 1. The largest absolute Gasteiger partial charge is 0.380 e. The number of hydrogen-bond acceptors (Lipinski definition) is 3. The molecule has 0 aliphatic rings. The van der Waals surface area contributed by atoms with E-state index in [0.717, 1.165) is 18.6 Å². The zero-order chi connectivity index (χ0) is 15.0. The smallest absolute Gasteiger partial charge is 0.0709 e. The summed E-state index contributed by atoms with van der Waals surface area (Å²) in [5.41, 5.74) is 1.09. The van der Waals surface area contributed by atoms with Gasteiger partial charge in [-0.1, -0.05) is 23.8 Å². The average Bonchev–Trinajstić information content (AvgIpc) is 2.45. The molecule has 0 heterocycles. The van der Waals surface area contributed by atoms with Crippen LogP contribution < -0.4 is 0 Å². The Labute approximate surface area is 127 Å². The van der Waals surface area contributed by atoms with Crippen LogP contribution in [0.4, 0.5) is 0 Å². The quantitative estimate of drug-likeness (QED) is 0.494. The molecule has 0 aliphatic carbocycles. The molecule has 0 aromatic heterocycles. The van der Waals surface area contributed by atoms with Crippen LogP contribution >= 0.6 is 11.8 Å². The summed E-state index contributed by atoms with van der Waals surface area (Å²) in [5, 5.41) is 0. The van der Waals surface area contributed by atoms with Crippen molar-refractivity contribution >= 4 is 11.8 Å². The number of thioether (sulfide) groups is 1. The second-order valence-electron chi connectivity index (χ2n) is 5.33. The van der Waals surface area contributed by atoms with Crippen LogP contribution in [0.5, 0.6) is 0 Å². The molecule has 0 saturated heterocycles. The van der Waals surface area contributed by atoms with Gasteiger partial charge in [-0.3, -0.25) is 0 Å². The summed E-state index contributed by atoms with van der Waals surface area (Å²) >= 11 is 1.82. The fourth-order valence-electron chi connectivity index (χ4n) is 2.07. The van der Waals surface area contributed by atoms with E-state index in [-0.39, 0.29) is 11.7 Å². The van der Waals surface area contributed by atoms with Crippen molar-refractivity contribution in [2.75, 3.05) is 20.0 Å². The van der Waals surface area contributed by atoms with Gasteiger partial charge in [0.25, 0.3) is 0 Å². The van der Waals surface area contributed by atoms with Crippen LogP contribution in [-0.2, 0) is 9.47 Å². The maximum atomic E-state index is 5.62. The summed E-state index contributed by atoms with van der Waals surface area (Å²) in [5.74, 6) is 0.926. The molecule has 1 rings (SSSR count). The third-order valence-electron chi connectivity index (χ3n) is 3.52. The highest BCUT2D eigenvalue weighted by Gasteiger charge is 2.26. The molecule has 2 nitrogen and oxygen atoms in total. The minimum Gasteiger partial charge on any atom is -0.380 e. The van der Waals surface area contributed by atoms with Gasteiger partial charge in [-0.2, -0.15) is 0 Å². The summed E-state index contributed by atoms with van der Waals surface area (Å²) < 4.78 is 11.2. The molecular weight excluding hydrogens is 268 g/mol. The summed E-state index contributed by atoms with van der Waals surface area (Å²) in [6, 6.07) is 8.60. The molecular formula is C17H26O2S. The molecule has 0 aliphatic heterocycles. The molecule has 0 fully saturated rings. The lowest BCUT2D eigenvalue weighted by atomic mass is 9.95. The normalized spacial score (nSPS) is 15.6. The second-order valence-corrected chi connectivity index (χ2v) is 6.43. The maximum Gasteiger partial charge on any atom is 0.0709 e. The Bertz CT molecular complexity index is 402. The zero-order valence-corrected chi connectivity index (χ0v) is 13.8. The van der Waals surface area contributed by atoms with E-state index in [4.69, 9.17) is 9.47 Å². The molecule has 1 aromatic carbocycles. The highest BCUT2D eigenvalue weighted by atomic mass is 32.2. The van der Waals surface area contributed by atoms with Gasteiger partial charge in [-0.05, 0) is 32.4 Å². The number of rotatable bonds is 9. The molecule has 20 heavy (non-hydrogen) atoms. The Balaban J connectivity index is 2.54. The van der Waals surface area contributed by atoms with E-state index in [2.05, 4.69) is 44.7 Å². The van der Waals surface area contributed by atoms with Gasteiger partial charge in [-0.25, -0.2) is 0 Å². The molecule has 0 unspecified atom stereocenters. The van der Waals surface area contributed by atoms with Crippen molar-refractivity contribution < 1.29 is 9.47 Å². The first-order valence-corrected chi connectivity index (χ1v) is 7.90. The summed E-state index contributed by atoms with van der Waals surface area (Å²) in [6.07, 6.45) is 3.78. The van der Waals surface area contributed by atoms with Gasteiger partial charge in [-0.15, -0.1) is 18.3 Å². The standard InChI is InChI=1S/C17H26O2S/c1-6-11-17(3,19-5)12-15(18-4)13-20-16-9-7-14(2)8-10-16/h6-10,15H,1,11-13H2,2-5H3/t15-,17-/m0/s1. The van der Waals surface area contributed by atoms with Crippen molar-refractivity contribution in [1.29, 1.82) is 0 Å². The highest BCUT2D eigenvalue weighted by molar-refractivity contribution is 7.99. The van der Waals surface area contributed by atoms with E-state index in [0.29, 0.717) is 0 Å². The molecule has 2 atom stereocenters. The lowest BCUT2D eigenvalue weighted by molar-refractivity contribution is -0.0356. The SMILES string of the molecule is C=CC[C@@](C)(C[C@@H](CSc1ccc(C)cc1)OC)OC. The monoisotopic (exact) mass is 294 g/mol. The van der Waals surface area contributed by atoms with Crippen LogP contribution in [0.1, 0.15) is 25.3 Å². The fraction of sp³-hybridized carbons (Fsp3) is 0.529. The third kappa shape index (κ3) is 5.70. The Hall–Kier alpha value is -0.770. The Morgan fingerprint density at radius 2 is 1.95 bits per heavy atom. The first-order chi connectivity index (χ1) is 9.53. The van der Waals surface area contributed by atoms with E-state index in [1.54, 1.807) is 14.2 Å². The van der Waals surface area contributed by atoms with Crippen LogP contribution in [-0.4, -0.2) is 31.7 Å². The maximum absolute atomic E-state index is 5.62. The zero-order valence-electron chi connectivity index (χ0n) is 13.0. The average molecular weight is 294 g/mol. The van der Waals surface area contributed by atoms with Gasteiger partial charge in [0, 0.05) is 31.3 Å². The first kappa shape index (κ1) is 17.3. The van der Waals surface area contributed by atoms with Crippen LogP contribution in [0.15, 0.2) is 41.8 Å². The molecule has 0 amide bonds. The van der Waals surface area contributed by atoms with Crippen molar-refractivity contribution in [2.45, 2.75) is 43.3 Å². The van der Waals surface area contributed by atoms with E-state index < -0.39 is 0 Å². The summed E-state index contributed by atoms with van der Waals surface area (Å²) in [7, 11) is 3.52. The van der Waals surface area contributed by atoms with Crippen LogP contribution in [0, 0.1) is 6.92 Å². The van der Waals surface area contributed by atoms with Gasteiger partial charge in [0.05, 0.1) is 11.7 Å². The molecule has 0 radical (unpaired) electrons. The predicted molar refractivity (Wildman–Crippen MR) is 87.5 cm³/mol.